The lowest BCUT2D eigenvalue weighted by Gasteiger charge is -2.11. The van der Waals surface area contributed by atoms with Crippen LogP contribution in [0.4, 0.5) is 5.69 Å². The Labute approximate surface area is 112 Å². The quantitative estimate of drug-likeness (QED) is 0.861. The maximum Gasteiger partial charge on any atom is 0.142 e. The minimum atomic E-state index is 0.680. The first-order valence-electron chi connectivity index (χ1n) is 6.22. The second-order valence-corrected chi connectivity index (χ2v) is 5.06. The summed E-state index contributed by atoms with van der Waals surface area (Å²) in [5.41, 5.74) is 1.03. The zero-order valence-corrected chi connectivity index (χ0v) is 11.6. The third-order valence-electron chi connectivity index (χ3n) is 2.54. The highest BCUT2D eigenvalue weighted by molar-refractivity contribution is 7.11. The van der Waals surface area contributed by atoms with Gasteiger partial charge in [-0.1, -0.05) is 19.1 Å². The van der Waals surface area contributed by atoms with E-state index in [1.165, 1.54) is 9.88 Å². The van der Waals surface area contributed by atoms with Crippen LogP contribution in [-0.2, 0) is 13.0 Å². The summed E-state index contributed by atoms with van der Waals surface area (Å²) in [6, 6.07) is 8.01. The Balaban J connectivity index is 2.01. The molecule has 0 aliphatic heterocycles. The molecule has 0 saturated carbocycles. The van der Waals surface area contributed by atoms with E-state index in [0.717, 1.165) is 24.4 Å². The van der Waals surface area contributed by atoms with Gasteiger partial charge in [-0.15, -0.1) is 11.3 Å². The number of thiazole rings is 1. The second-order valence-electron chi connectivity index (χ2n) is 3.86. The lowest BCUT2D eigenvalue weighted by Crippen LogP contribution is -2.01. The molecule has 1 aromatic heterocycles. The standard InChI is InChI=1S/C14H18N2OS/c1-3-14-16-10-11(18-14)9-15-12-7-5-6-8-13(12)17-4-2/h5-8,10,15H,3-4,9H2,1-2H3. The van der Waals surface area contributed by atoms with Crippen molar-refractivity contribution in [2.45, 2.75) is 26.8 Å². The number of anilines is 1. The maximum atomic E-state index is 5.58. The Bertz CT molecular complexity index is 496. The number of aromatic nitrogens is 1. The third kappa shape index (κ3) is 3.23. The van der Waals surface area contributed by atoms with Crippen molar-refractivity contribution < 1.29 is 4.74 Å². The normalized spacial score (nSPS) is 10.3. The minimum absolute atomic E-state index is 0.680. The van der Waals surface area contributed by atoms with Gasteiger partial charge in [0.2, 0.25) is 0 Å². The molecule has 0 radical (unpaired) electrons. The molecule has 4 heteroatoms. The van der Waals surface area contributed by atoms with Crippen LogP contribution < -0.4 is 10.1 Å². The first-order chi connectivity index (χ1) is 8.83. The van der Waals surface area contributed by atoms with E-state index in [9.17, 15) is 0 Å². The number of hydrogen-bond acceptors (Lipinski definition) is 4. The van der Waals surface area contributed by atoms with Gasteiger partial charge in [0.05, 0.1) is 23.8 Å². The number of nitrogens with one attached hydrogen (secondary N) is 1. The number of ether oxygens (including phenoxy) is 1. The zero-order chi connectivity index (χ0) is 12.8. The van der Waals surface area contributed by atoms with E-state index < -0.39 is 0 Å². The highest BCUT2D eigenvalue weighted by Gasteiger charge is 2.03. The first kappa shape index (κ1) is 12.9. The van der Waals surface area contributed by atoms with Crippen molar-refractivity contribution >= 4 is 17.0 Å². The molecular formula is C14H18N2OS. The SMILES string of the molecule is CCOc1ccccc1NCc1cnc(CC)s1. The molecule has 0 unspecified atom stereocenters. The van der Waals surface area contributed by atoms with Crippen molar-refractivity contribution in [1.29, 1.82) is 0 Å². The number of benzene rings is 1. The van der Waals surface area contributed by atoms with Gasteiger partial charge in [-0.2, -0.15) is 0 Å². The van der Waals surface area contributed by atoms with E-state index in [2.05, 4.69) is 17.2 Å². The summed E-state index contributed by atoms with van der Waals surface area (Å²) in [6.07, 6.45) is 2.94. The lowest BCUT2D eigenvalue weighted by molar-refractivity contribution is 0.341. The van der Waals surface area contributed by atoms with E-state index in [0.29, 0.717) is 6.61 Å². The van der Waals surface area contributed by atoms with E-state index in [-0.39, 0.29) is 0 Å². The first-order valence-corrected chi connectivity index (χ1v) is 7.04. The Morgan fingerprint density at radius 2 is 2.11 bits per heavy atom. The molecular weight excluding hydrogens is 244 g/mol. The van der Waals surface area contributed by atoms with Gasteiger partial charge in [0.25, 0.3) is 0 Å². The van der Waals surface area contributed by atoms with E-state index >= 15 is 0 Å². The monoisotopic (exact) mass is 262 g/mol. The van der Waals surface area contributed by atoms with Gasteiger partial charge in [0.15, 0.2) is 0 Å². The molecule has 2 rings (SSSR count). The lowest BCUT2D eigenvalue weighted by atomic mass is 10.3. The predicted molar refractivity (Wildman–Crippen MR) is 76.4 cm³/mol. The topological polar surface area (TPSA) is 34.1 Å². The average molecular weight is 262 g/mol. The van der Waals surface area contributed by atoms with Crippen LogP contribution in [0.1, 0.15) is 23.7 Å². The van der Waals surface area contributed by atoms with Crippen molar-refractivity contribution in [3.63, 3.8) is 0 Å². The molecule has 2 aromatic rings. The summed E-state index contributed by atoms with van der Waals surface area (Å²) in [5, 5.41) is 4.58. The fraction of sp³-hybridized carbons (Fsp3) is 0.357. The summed E-state index contributed by atoms with van der Waals surface area (Å²) < 4.78 is 5.58. The molecule has 1 N–H and O–H groups in total. The molecule has 0 amide bonds. The van der Waals surface area contributed by atoms with Crippen LogP contribution in [0.25, 0.3) is 0 Å². The fourth-order valence-electron chi connectivity index (χ4n) is 1.67. The fourth-order valence-corrected chi connectivity index (χ4v) is 2.47. The van der Waals surface area contributed by atoms with Gasteiger partial charge in [-0.05, 0) is 25.5 Å². The van der Waals surface area contributed by atoms with Crippen molar-refractivity contribution in [1.82, 2.24) is 4.98 Å². The molecule has 0 aliphatic carbocycles. The summed E-state index contributed by atoms with van der Waals surface area (Å²) >= 11 is 1.76. The predicted octanol–water partition coefficient (Wildman–Crippen LogP) is 3.72. The second kappa shape index (κ2) is 6.40. The van der Waals surface area contributed by atoms with Crippen molar-refractivity contribution in [2.75, 3.05) is 11.9 Å². The van der Waals surface area contributed by atoms with Gasteiger partial charge >= 0.3 is 0 Å². The average Bonchev–Trinajstić information content (AvgIpc) is 2.86. The summed E-state index contributed by atoms with van der Waals surface area (Å²) in [7, 11) is 0. The van der Waals surface area contributed by atoms with Crippen LogP contribution in [0.15, 0.2) is 30.5 Å². The van der Waals surface area contributed by atoms with E-state index in [1.54, 1.807) is 11.3 Å². The molecule has 1 heterocycles. The number of rotatable bonds is 6. The highest BCUT2D eigenvalue weighted by atomic mass is 32.1. The van der Waals surface area contributed by atoms with Crippen LogP contribution in [0, 0.1) is 0 Å². The molecule has 1 aromatic carbocycles. The molecule has 0 saturated heterocycles. The maximum absolute atomic E-state index is 5.58. The van der Waals surface area contributed by atoms with Crippen molar-refractivity contribution in [2.24, 2.45) is 0 Å². The number of para-hydroxylation sites is 2. The summed E-state index contributed by atoms with van der Waals surface area (Å²) in [4.78, 5) is 5.60. The molecule has 3 nitrogen and oxygen atoms in total. The molecule has 0 spiro atoms. The van der Waals surface area contributed by atoms with Gasteiger partial charge in [-0.3, -0.25) is 0 Å². The van der Waals surface area contributed by atoms with Gasteiger partial charge in [-0.25, -0.2) is 4.98 Å². The van der Waals surface area contributed by atoms with Gasteiger partial charge in [0.1, 0.15) is 5.75 Å². The molecule has 0 fully saturated rings. The molecule has 0 atom stereocenters. The van der Waals surface area contributed by atoms with Gasteiger partial charge < -0.3 is 10.1 Å². The van der Waals surface area contributed by atoms with Crippen LogP contribution >= 0.6 is 11.3 Å². The van der Waals surface area contributed by atoms with Crippen LogP contribution in [0.3, 0.4) is 0 Å². The van der Waals surface area contributed by atoms with Crippen molar-refractivity contribution in [3.8, 4) is 5.75 Å². The summed E-state index contributed by atoms with van der Waals surface area (Å²) in [6.45, 7) is 5.59. The highest BCUT2D eigenvalue weighted by Crippen LogP contribution is 2.25. The van der Waals surface area contributed by atoms with Crippen LogP contribution in [-0.4, -0.2) is 11.6 Å². The smallest absolute Gasteiger partial charge is 0.142 e. The van der Waals surface area contributed by atoms with E-state index in [1.807, 2.05) is 37.4 Å². The Morgan fingerprint density at radius 3 is 2.83 bits per heavy atom. The van der Waals surface area contributed by atoms with E-state index in [4.69, 9.17) is 4.74 Å². The summed E-state index contributed by atoms with van der Waals surface area (Å²) in [5.74, 6) is 0.903. The number of nitrogens with zero attached hydrogens (tertiary/aromatic N) is 1. The van der Waals surface area contributed by atoms with Crippen LogP contribution in [0.5, 0.6) is 5.75 Å². The minimum Gasteiger partial charge on any atom is -0.492 e. The van der Waals surface area contributed by atoms with Gasteiger partial charge in [0, 0.05) is 11.1 Å². The number of aryl methyl sites for hydroxylation is 1. The Kier molecular flexibility index (Phi) is 4.59. The molecule has 0 bridgehead atoms. The van der Waals surface area contributed by atoms with Crippen molar-refractivity contribution in [3.05, 3.63) is 40.3 Å². The zero-order valence-electron chi connectivity index (χ0n) is 10.8. The Hall–Kier alpha value is -1.55. The molecule has 0 aliphatic rings. The third-order valence-corrected chi connectivity index (χ3v) is 3.69. The largest absolute Gasteiger partial charge is 0.492 e. The number of hydrogen-bond donors (Lipinski definition) is 1. The van der Waals surface area contributed by atoms with Crippen LogP contribution in [0.2, 0.25) is 0 Å². The molecule has 96 valence electrons. The Morgan fingerprint density at radius 1 is 1.28 bits per heavy atom. The molecule has 18 heavy (non-hydrogen) atoms.